The molecule has 0 saturated heterocycles. The average molecular weight is 272 g/mol. The number of carboxylic acids is 1. The molecule has 0 saturated carbocycles. The predicted octanol–water partition coefficient (Wildman–Crippen LogP) is 3.48. The summed E-state index contributed by atoms with van der Waals surface area (Å²) in [5, 5.41) is 13.3. The Hall–Kier alpha value is -2.10. The maximum Gasteiger partial charge on any atom is 0.356 e. The molecule has 2 aromatic rings. The van der Waals surface area contributed by atoms with Crippen molar-refractivity contribution in [2.75, 3.05) is 0 Å². The fourth-order valence-corrected chi connectivity index (χ4v) is 2.16. The second-order valence-corrected chi connectivity index (χ2v) is 4.86. The molecule has 0 bridgehead atoms. The van der Waals surface area contributed by atoms with Gasteiger partial charge >= 0.3 is 5.97 Å². The van der Waals surface area contributed by atoms with Gasteiger partial charge in [0.2, 0.25) is 0 Å². The quantitative estimate of drug-likeness (QED) is 0.876. The minimum atomic E-state index is -0.980. The zero-order valence-corrected chi connectivity index (χ0v) is 12.0. The molecule has 0 radical (unpaired) electrons. The summed E-state index contributed by atoms with van der Waals surface area (Å²) in [7, 11) is 0. The molecule has 106 valence electrons. The van der Waals surface area contributed by atoms with E-state index in [0.29, 0.717) is 0 Å². The van der Waals surface area contributed by atoms with E-state index in [0.717, 1.165) is 37.1 Å². The highest BCUT2D eigenvalue weighted by molar-refractivity contribution is 5.85. The minimum absolute atomic E-state index is 0.107. The Balaban J connectivity index is 2.38. The molecule has 4 nitrogen and oxygen atoms in total. The highest BCUT2D eigenvalue weighted by atomic mass is 16.4. The number of nitrogens with zero attached hydrogens (tertiary/aromatic N) is 2. The zero-order valence-electron chi connectivity index (χ0n) is 12.0. The van der Waals surface area contributed by atoms with Crippen molar-refractivity contribution in [2.24, 2.45) is 0 Å². The van der Waals surface area contributed by atoms with Gasteiger partial charge in [0.25, 0.3) is 0 Å². The van der Waals surface area contributed by atoms with Gasteiger partial charge < -0.3 is 5.11 Å². The first-order valence-corrected chi connectivity index (χ1v) is 7.07. The minimum Gasteiger partial charge on any atom is -0.476 e. The molecule has 0 spiro atoms. The van der Waals surface area contributed by atoms with Crippen LogP contribution in [-0.4, -0.2) is 20.9 Å². The first kappa shape index (κ1) is 14.3. The van der Waals surface area contributed by atoms with Crippen molar-refractivity contribution < 1.29 is 9.90 Å². The number of aromatic carboxylic acids is 1. The van der Waals surface area contributed by atoms with E-state index in [1.54, 1.807) is 10.7 Å². The Morgan fingerprint density at radius 2 is 1.95 bits per heavy atom. The van der Waals surface area contributed by atoms with E-state index in [9.17, 15) is 4.79 Å². The molecule has 0 unspecified atom stereocenters. The molecule has 2 rings (SSSR count). The summed E-state index contributed by atoms with van der Waals surface area (Å²) < 4.78 is 1.75. The summed E-state index contributed by atoms with van der Waals surface area (Å²) in [5.41, 5.74) is 3.24. The SMILES string of the molecule is CCCCc1cc(C(=O)O)nn1-c1ccc(CC)cc1. The predicted molar refractivity (Wildman–Crippen MR) is 78.5 cm³/mol. The second kappa shape index (κ2) is 6.37. The molecule has 20 heavy (non-hydrogen) atoms. The third kappa shape index (κ3) is 3.07. The zero-order chi connectivity index (χ0) is 14.5. The third-order valence-corrected chi connectivity index (χ3v) is 3.38. The molecule has 0 aliphatic rings. The molecule has 0 fully saturated rings. The number of carboxylic acid groups (broad SMARTS) is 1. The van der Waals surface area contributed by atoms with E-state index in [1.807, 2.05) is 12.1 Å². The highest BCUT2D eigenvalue weighted by Gasteiger charge is 2.14. The maximum absolute atomic E-state index is 11.1. The second-order valence-electron chi connectivity index (χ2n) is 4.86. The topological polar surface area (TPSA) is 55.1 Å². The summed E-state index contributed by atoms with van der Waals surface area (Å²) in [6, 6.07) is 9.77. The van der Waals surface area contributed by atoms with E-state index < -0.39 is 5.97 Å². The van der Waals surface area contributed by atoms with Crippen LogP contribution in [0.25, 0.3) is 5.69 Å². The largest absolute Gasteiger partial charge is 0.476 e. The Labute approximate surface area is 119 Å². The Kier molecular flexibility index (Phi) is 4.56. The van der Waals surface area contributed by atoms with E-state index in [4.69, 9.17) is 5.11 Å². The van der Waals surface area contributed by atoms with Crippen molar-refractivity contribution in [1.82, 2.24) is 9.78 Å². The number of carbonyl (C=O) groups is 1. The Morgan fingerprint density at radius 3 is 2.50 bits per heavy atom. The highest BCUT2D eigenvalue weighted by Crippen LogP contribution is 2.16. The number of rotatable bonds is 6. The molecule has 1 heterocycles. The summed E-state index contributed by atoms with van der Waals surface area (Å²) in [5.74, 6) is -0.980. The van der Waals surface area contributed by atoms with Crippen LogP contribution >= 0.6 is 0 Å². The van der Waals surface area contributed by atoms with Crippen LogP contribution in [0.5, 0.6) is 0 Å². The molecule has 0 amide bonds. The molecular formula is C16H20N2O2. The van der Waals surface area contributed by atoms with Crippen molar-refractivity contribution in [3.8, 4) is 5.69 Å². The van der Waals surface area contributed by atoms with Gasteiger partial charge in [0, 0.05) is 5.69 Å². The Bertz CT molecular complexity index is 585. The lowest BCUT2D eigenvalue weighted by molar-refractivity contribution is 0.0690. The van der Waals surface area contributed by atoms with E-state index in [2.05, 4.69) is 31.1 Å². The summed E-state index contributed by atoms with van der Waals surface area (Å²) in [6.45, 7) is 4.23. The standard InChI is InChI=1S/C16H20N2O2/c1-3-5-6-14-11-15(16(19)20)17-18(14)13-9-7-12(4-2)8-10-13/h7-11H,3-6H2,1-2H3,(H,19,20). The van der Waals surface area contributed by atoms with Gasteiger partial charge in [-0.25, -0.2) is 9.48 Å². The molecule has 4 heteroatoms. The third-order valence-electron chi connectivity index (χ3n) is 3.38. The number of hydrogen-bond donors (Lipinski definition) is 1. The van der Waals surface area contributed by atoms with Crippen molar-refractivity contribution in [3.05, 3.63) is 47.3 Å². The van der Waals surface area contributed by atoms with Crippen molar-refractivity contribution in [1.29, 1.82) is 0 Å². The molecular weight excluding hydrogens is 252 g/mol. The van der Waals surface area contributed by atoms with Crippen LogP contribution in [0.2, 0.25) is 0 Å². The number of aromatic nitrogens is 2. The van der Waals surface area contributed by atoms with Gasteiger partial charge in [-0.05, 0) is 43.0 Å². The monoisotopic (exact) mass is 272 g/mol. The number of benzene rings is 1. The van der Waals surface area contributed by atoms with Gasteiger partial charge in [-0.3, -0.25) is 0 Å². The lowest BCUT2D eigenvalue weighted by atomic mass is 10.1. The normalized spacial score (nSPS) is 10.7. The molecule has 1 aromatic carbocycles. The van der Waals surface area contributed by atoms with Crippen LogP contribution < -0.4 is 0 Å². The van der Waals surface area contributed by atoms with E-state index in [-0.39, 0.29) is 5.69 Å². The van der Waals surface area contributed by atoms with E-state index >= 15 is 0 Å². The summed E-state index contributed by atoms with van der Waals surface area (Å²) in [4.78, 5) is 11.1. The van der Waals surface area contributed by atoms with Crippen molar-refractivity contribution in [2.45, 2.75) is 39.5 Å². The smallest absolute Gasteiger partial charge is 0.356 e. The average Bonchev–Trinajstić information content (AvgIpc) is 2.89. The van der Waals surface area contributed by atoms with Crippen LogP contribution in [0.3, 0.4) is 0 Å². The van der Waals surface area contributed by atoms with Gasteiger partial charge in [-0.15, -0.1) is 0 Å². The van der Waals surface area contributed by atoms with Crippen LogP contribution in [0.4, 0.5) is 0 Å². The Morgan fingerprint density at radius 1 is 1.25 bits per heavy atom. The lowest BCUT2D eigenvalue weighted by Gasteiger charge is -2.07. The van der Waals surface area contributed by atoms with Gasteiger partial charge in [0.05, 0.1) is 5.69 Å². The first-order valence-electron chi connectivity index (χ1n) is 7.07. The lowest BCUT2D eigenvalue weighted by Crippen LogP contribution is -2.04. The van der Waals surface area contributed by atoms with E-state index in [1.165, 1.54) is 5.56 Å². The number of unbranched alkanes of at least 4 members (excludes halogenated alkanes) is 1. The van der Waals surface area contributed by atoms with Crippen LogP contribution in [0.15, 0.2) is 30.3 Å². The van der Waals surface area contributed by atoms with Gasteiger partial charge in [0.15, 0.2) is 5.69 Å². The molecule has 0 aliphatic carbocycles. The maximum atomic E-state index is 11.1. The first-order chi connectivity index (χ1) is 9.65. The summed E-state index contributed by atoms with van der Waals surface area (Å²) >= 11 is 0. The van der Waals surface area contributed by atoms with Crippen molar-refractivity contribution in [3.63, 3.8) is 0 Å². The van der Waals surface area contributed by atoms with Crippen LogP contribution in [0.1, 0.15) is 48.4 Å². The molecule has 1 N–H and O–H groups in total. The van der Waals surface area contributed by atoms with Gasteiger partial charge in [-0.1, -0.05) is 32.4 Å². The molecule has 0 atom stereocenters. The number of aryl methyl sites for hydroxylation is 2. The van der Waals surface area contributed by atoms with Crippen LogP contribution in [0, 0.1) is 0 Å². The number of hydrogen-bond acceptors (Lipinski definition) is 2. The van der Waals surface area contributed by atoms with Gasteiger partial charge in [0.1, 0.15) is 0 Å². The van der Waals surface area contributed by atoms with Crippen LogP contribution in [-0.2, 0) is 12.8 Å². The summed E-state index contributed by atoms with van der Waals surface area (Å²) in [6.07, 6.45) is 3.93. The van der Waals surface area contributed by atoms with Gasteiger partial charge in [-0.2, -0.15) is 5.10 Å². The fraction of sp³-hybridized carbons (Fsp3) is 0.375. The fourth-order valence-electron chi connectivity index (χ4n) is 2.16. The molecule has 0 aliphatic heterocycles. The molecule has 1 aromatic heterocycles. The van der Waals surface area contributed by atoms with Crippen molar-refractivity contribution >= 4 is 5.97 Å².